The van der Waals surface area contributed by atoms with E-state index >= 15 is 0 Å². The summed E-state index contributed by atoms with van der Waals surface area (Å²) in [7, 11) is 0. The molecule has 0 unspecified atom stereocenters. The van der Waals surface area contributed by atoms with E-state index in [1.807, 2.05) is 30.3 Å². The predicted octanol–water partition coefficient (Wildman–Crippen LogP) is 5.12. The second kappa shape index (κ2) is 14.0. The number of nitrogens with two attached hydrogens (primary N) is 1. The summed E-state index contributed by atoms with van der Waals surface area (Å²) in [4.78, 5) is 4.88. The van der Waals surface area contributed by atoms with E-state index < -0.39 is 0 Å². The van der Waals surface area contributed by atoms with Crippen LogP contribution in [0.15, 0.2) is 66.9 Å². The van der Waals surface area contributed by atoms with Gasteiger partial charge in [-0.05, 0) is 81.2 Å². The number of nitrogens with zero attached hydrogens (tertiary/aromatic N) is 3. The van der Waals surface area contributed by atoms with Crippen molar-refractivity contribution in [2.45, 2.75) is 45.9 Å². The lowest BCUT2D eigenvalue weighted by atomic mass is 10.1. The number of aromatic amines is 1. The molecule has 7 nitrogen and oxygen atoms in total. The highest BCUT2D eigenvalue weighted by molar-refractivity contribution is 5.59. The van der Waals surface area contributed by atoms with Crippen molar-refractivity contribution in [3.8, 4) is 17.0 Å². The number of ether oxygens (including phenoxy) is 2. The van der Waals surface area contributed by atoms with Crippen LogP contribution in [0, 0.1) is 0 Å². The number of anilines is 1. The van der Waals surface area contributed by atoms with Crippen molar-refractivity contribution in [2.75, 3.05) is 45.1 Å². The van der Waals surface area contributed by atoms with Crippen LogP contribution in [0.5, 0.6) is 5.75 Å². The van der Waals surface area contributed by atoms with Gasteiger partial charge in [0.25, 0.3) is 0 Å². The topological polar surface area (TPSA) is 79.6 Å². The van der Waals surface area contributed by atoms with Gasteiger partial charge in [-0.3, -0.25) is 14.9 Å². The molecule has 1 fully saturated rings. The van der Waals surface area contributed by atoms with Gasteiger partial charge in [-0.25, -0.2) is 0 Å². The number of hydrogen-bond acceptors (Lipinski definition) is 6. The molecule has 3 aromatic rings. The standard InChI is InChI=1S/C30H41N5O2/c1-24(2)35(22-27-21-28(31)10-11-30(27)37-19-17-34-14-3-4-15-34)16-5-6-18-36-23-25-8-7-9-26(20-25)29-12-13-32-33-29/h5-13,20-21,24H,3-4,14-19,22-23,31H2,1-2H3,(H,32,33)/b6-5+. The normalized spacial score (nSPS) is 14.4. The van der Waals surface area contributed by atoms with Crippen LogP contribution >= 0.6 is 0 Å². The molecule has 0 saturated carbocycles. The summed E-state index contributed by atoms with van der Waals surface area (Å²) in [5.74, 6) is 0.934. The molecule has 0 spiro atoms. The Kier molecular flexibility index (Phi) is 10.2. The summed E-state index contributed by atoms with van der Waals surface area (Å²) in [5.41, 5.74) is 11.3. The third-order valence-corrected chi connectivity index (χ3v) is 6.78. The van der Waals surface area contributed by atoms with E-state index in [1.165, 1.54) is 25.9 Å². The molecule has 1 aliphatic rings. The predicted molar refractivity (Wildman–Crippen MR) is 150 cm³/mol. The van der Waals surface area contributed by atoms with E-state index in [2.05, 4.69) is 64.2 Å². The van der Waals surface area contributed by atoms with Crippen LogP contribution in [0.3, 0.4) is 0 Å². The van der Waals surface area contributed by atoms with Crippen molar-refractivity contribution in [2.24, 2.45) is 0 Å². The fraction of sp³-hybridized carbons (Fsp3) is 0.433. The molecule has 3 N–H and O–H groups in total. The Morgan fingerprint density at radius 1 is 1.11 bits per heavy atom. The number of H-pyrrole nitrogens is 1. The third-order valence-electron chi connectivity index (χ3n) is 6.78. The fourth-order valence-corrected chi connectivity index (χ4v) is 4.60. The molecular weight excluding hydrogens is 462 g/mol. The maximum atomic E-state index is 6.20. The zero-order valence-corrected chi connectivity index (χ0v) is 22.2. The van der Waals surface area contributed by atoms with Crippen molar-refractivity contribution in [3.05, 3.63) is 78.0 Å². The number of aromatic nitrogens is 2. The van der Waals surface area contributed by atoms with E-state index in [1.54, 1.807) is 6.20 Å². The number of benzene rings is 2. The van der Waals surface area contributed by atoms with Crippen molar-refractivity contribution < 1.29 is 9.47 Å². The average Bonchev–Trinajstić information content (AvgIpc) is 3.61. The van der Waals surface area contributed by atoms with Gasteiger partial charge in [0.05, 0.1) is 18.9 Å². The molecule has 4 rings (SSSR count). The highest BCUT2D eigenvalue weighted by atomic mass is 16.5. The first-order valence-electron chi connectivity index (χ1n) is 13.4. The van der Waals surface area contributed by atoms with Crippen LogP contribution in [0.25, 0.3) is 11.3 Å². The average molecular weight is 504 g/mol. The third kappa shape index (κ3) is 8.45. The zero-order chi connectivity index (χ0) is 25.9. The lowest BCUT2D eigenvalue weighted by Crippen LogP contribution is -2.31. The summed E-state index contributed by atoms with van der Waals surface area (Å²) < 4.78 is 12.1. The fourth-order valence-electron chi connectivity index (χ4n) is 4.60. The highest BCUT2D eigenvalue weighted by Crippen LogP contribution is 2.24. The summed E-state index contributed by atoms with van der Waals surface area (Å²) in [5, 5.41) is 7.04. The molecule has 1 saturated heterocycles. The molecule has 0 amide bonds. The number of nitrogen functional groups attached to an aromatic ring is 1. The van der Waals surface area contributed by atoms with Crippen LogP contribution < -0.4 is 10.5 Å². The van der Waals surface area contributed by atoms with Crippen LogP contribution in [0.4, 0.5) is 5.69 Å². The molecule has 0 bridgehead atoms. The quantitative estimate of drug-likeness (QED) is 0.181. The highest BCUT2D eigenvalue weighted by Gasteiger charge is 2.14. The van der Waals surface area contributed by atoms with Crippen molar-refractivity contribution in [1.82, 2.24) is 20.0 Å². The Balaban J connectivity index is 1.25. The Bertz CT molecular complexity index is 1110. The molecule has 0 atom stereocenters. The number of hydrogen-bond donors (Lipinski definition) is 2. The van der Waals surface area contributed by atoms with E-state index in [9.17, 15) is 0 Å². The van der Waals surface area contributed by atoms with Crippen LogP contribution in [-0.4, -0.2) is 65.4 Å². The van der Waals surface area contributed by atoms with Gasteiger partial charge in [-0.1, -0.05) is 30.4 Å². The summed E-state index contributed by atoms with van der Waals surface area (Å²) in [6.45, 7) is 11.3. The monoisotopic (exact) mass is 503 g/mol. The van der Waals surface area contributed by atoms with Gasteiger partial charge in [0.15, 0.2) is 0 Å². The molecule has 1 aromatic heterocycles. The van der Waals surface area contributed by atoms with Gasteiger partial charge in [-0.15, -0.1) is 0 Å². The van der Waals surface area contributed by atoms with E-state index in [0.29, 0.717) is 25.9 Å². The minimum Gasteiger partial charge on any atom is -0.492 e. The second-order valence-electron chi connectivity index (χ2n) is 9.94. The van der Waals surface area contributed by atoms with Crippen LogP contribution in [-0.2, 0) is 17.9 Å². The lowest BCUT2D eigenvalue weighted by Gasteiger charge is -2.26. The number of likely N-dealkylation sites (tertiary alicyclic amines) is 1. The summed E-state index contributed by atoms with van der Waals surface area (Å²) >= 11 is 0. The molecule has 2 aromatic carbocycles. The Labute approximate surface area is 221 Å². The zero-order valence-electron chi connectivity index (χ0n) is 22.2. The van der Waals surface area contributed by atoms with E-state index in [0.717, 1.165) is 53.5 Å². The first-order valence-corrected chi connectivity index (χ1v) is 13.4. The van der Waals surface area contributed by atoms with Crippen LogP contribution in [0.1, 0.15) is 37.8 Å². The molecule has 0 aliphatic carbocycles. The van der Waals surface area contributed by atoms with Crippen LogP contribution in [0.2, 0.25) is 0 Å². The van der Waals surface area contributed by atoms with Gasteiger partial charge in [0.1, 0.15) is 12.4 Å². The molecule has 1 aliphatic heterocycles. The molecule has 0 radical (unpaired) electrons. The molecule has 7 heteroatoms. The van der Waals surface area contributed by atoms with Crippen molar-refractivity contribution >= 4 is 5.69 Å². The van der Waals surface area contributed by atoms with E-state index in [4.69, 9.17) is 15.2 Å². The Morgan fingerprint density at radius 2 is 1.97 bits per heavy atom. The van der Waals surface area contributed by atoms with E-state index in [-0.39, 0.29) is 0 Å². The largest absolute Gasteiger partial charge is 0.492 e. The SMILES string of the molecule is CC(C)N(C/C=C/COCc1cccc(-c2ccn[nH]2)c1)Cc1cc(N)ccc1OCCN1CCCC1. The van der Waals surface area contributed by atoms with Gasteiger partial charge in [0, 0.05) is 43.1 Å². The minimum atomic E-state index is 0.384. The molecule has 198 valence electrons. The summed E-state index contributed by atoms with van der Waals surface area (Å²) in [6, 6.07) is 16.7. The molecule has 37 heavy (non-hydrogen) atoms. The summed E-state index contributed by atoms with van der Waals surface area (Å²) in [6.07, 6.45) is 8.64. The smallest absolute Gasteiger partial charge is 0.124 e. The van der Waals surface area contributed by atoms with Gasteiger partial charge >= 0.3 is 0 Å². The second-order valence-corrected chi connectivity index (χ2v) is 9.94. The maximum Gasteiger partial charge on any atom is 0.124 e. The molecule has 2 heterocycles. The first-order chi connectivity index (χ1) is 18.1. The Morgan fingerprint density at radius 3 is 2.76 bits per heavy atom. The number of nitrogens with one attached hydrogen (secondary N) is 1. The number of rotatable bonds is 14. The van der Waals surface area contributed by atoms with Gasteiger partial charge in [0.2, 0.25) is 0 Å². The maximum absolute atomic E-state index is 6.20. The van der Waals surface area contributed by atoms with Gasteiger partial charge in [-0.2, -0.15) is 5.10 Å². The van der Waals surface area contributed by atoms with Crippen molar-refractivity contribution in [1.29, 1.82) is 0 Å². The van der Waals surface area contributed by atoms with Crippen molar-refractivity contribution in [3.63, 3.8) is 0 Å². The Hall–Kier alpha value is -3.13. The lowest BCUT2D eigenvalue weighted by molar-refractivity contribution is 0.148. The molecular formula is C30H41N5O2. The first kappa shape index (κ1) is 26.9. The minimum absolute atomic E-state index is 0.384. The van der Waals surface area contributed by atoms with Gasteiger partial charge < -0.3 is 15.2 Å².